The Labute approximate surface area is 107 Å². The van der Waals surface area contributed by atoms with Crippen LogP contribution in [0.2, 0.25) is 0 Å². The predicted molar refractivity (Wildman–Crippen MR) is 70.5 cm³/mol. The van der Waals surface area contributed by atoms with Crippen molar-refractivity contribution < 1.29 is 5.11 Å². The van der Waals surface area contributed by atoms with E-state index in [4.69, 9.17) is 0 Å². The summed E-state index contributed by atoms with van der Waals surface area (Å²) in [5.41, 5.74) is 1.95. The molecule has 1 aromatic carbocycles. The molecular weight excluding hydrogens is 224 g/mol. The van der Waals surface area contributed by atoms with Gasteiger partial charge in [-0.25, -0.2) is 4.68 Å². The first-order valence-corrected chi connectivity index (χ1v) is 6.61. The van der Waals surface area contributed by atoms with Gasteiger partial charge in [0.05, 0.1) is 18.0 Å². The molecule has 1 unspecified atom stereocenters. The zero-order chi connectivity index (χ0) is 12.4. The number of rotatable bonds is 4. The maximum atomic E-state index is 10.2. The van der Waals surface area contributed by atoms with Crippen molar-refractivity contribution >= 4 is 0 Å². The zero-order valence-corrected chi connectivity index (χ0v) is 10.4. The van der Waals surface area contributed by atoms with Gasteiger partial charge in [0.25, 0.3) is 0 Å². The van der Waals surface area contributed by atoms with E-state index in [2.05, 4.69) is 5.10 Å². The summed E-state index contributed by atoms with van der Waals surface area (Å²) in [7, 11) is 0. The van der Waals surface area contributed by atoms with Crippen LogP contribution >= 0.6 is 0 Å². The molecular formula is C15H18N2O. The Hall–Kier alpha value is -1.61. The number of hydrogen-bond donors (Lipinski definition) is 1. The summed E-state index contributed by atoms with van der Waals surface area (Å²) in [6.07, 6.45) is 8.07. The number of aliphatic hydroxyl groups excluding tert-OH is 1. The molecule has 1 aliphatic carbocycles. The van der Waals surface area contributed by atoms with E-state index in [1.165, 1.54) is 19.3 Å². The van der Waals surface area contributed by atoms with Gasteiger partial charge in [0.2, 0.25) is 0 Å². The van der Waals surface area contributed by atoms with Crippen LogP contribution in [0, 0.1) is 5.92 Å². The molecule has 3 heteroatoms. The van der Waals surface area contributed by atoms with Gasteiger partial charge in [-0.2, -0.15) is 5.10 Å². The number of para-hydroxylation sites is 1. The lowest BCUT2D eigenvalue weighted by Gasteiger charge is -2.27. The van der Waals surface area contributed by atoms with Gasteiger partial charge in [-0.1, -0.05) is 37.5 Å². The third kappa shape index (κ3) is 2.31. The quantitative estimate of drug-likeness (QED) is 0.894. The Morgan fingerprint density at radius 3 is 2.72 bits per heavy atom. The van der Waals surface area contributed by atoms with Crippen molar-refractivity contribution in [2.75, 3.05) is 0 Å². The third-order valence-electron chi connectivity index (χ3n) is 3.79. The van der Waals surface area contributed by atoms with Crippen molar-refractivity contribution in [1.82, 2.24) is 9.78 Å². The van der Waals surface area contributed by atoms with Crippen molar-refractivity contribution in [1.29, 1.82) is 0 Å². The van der Waals surface area contributed by atoms with Crippen molar-refractivity contribution in [2.24, 2.45) is 5.92 Å². The second kappa shape index (κ2) is 4.94. The van der Waals surface area contributed by atoms with Crippen LogP contribution in [0.5, 0.6) is 0 Å². The van der Waals surface area contributed by atoms with Crippen LogP contribution in [0.4, 0.5) is 0 Å². The molecule has 1 aliphatic rings. The number of hydrogen-bond acceptors (Lipinski definition) is 2. The van der Waals surface area contributed by atoms with Crippen molar-refractivity contribution in [3.05, 3.63) is 48.3 Å². The van der Waals surface area contributed by atoms with Gasteiger partial charge >= 0.3 is 0 Å². The molecule has 0 bridgehead atoms. The molecule has 1 atom stereocenters. The van der Waals surface area contributed by atoms with Crippen LogP contribution in [-0.2, 0) is 0 Å². The van der Waals surface area contributed by atoms with Gasteiger partial charge in [0.1, 0.15) is 0 Å². The van der Waals surface area contributed by atoms with Crippen molar-refractivity contribution in [2.45, 2.75) is 31.8 Å². The minimum absolute atomic E-state index is 0.368. The number of aromatic nitrogens is 2. The van der Waals surface area contributed by atoms with Crippen LogP contribution in [0.1, 0.15) is 37.4 Å². The topological polar surface area (TPSA) is 38.1 Å². The average Bonchev–Trinajstić information content (AvgIpc) is 2.84. The Morgan fingerprint density at radius 2 is 2.06 bits per heavy atom. The van der Waals surface area contributed by atoms with Gasteiger partial charge in [-0.15, -0.1) is 0 Å². The molecule has 1 N–H and O–H groups in total. The highest BCUT2D eigenvalue weighted by atomic mass is 16.3. The zero-order valence-electron chi connectivity index (χ0n) is 10.4. The fourth-order valence-electron chi connectivity index (χ4n) is 2.41. The first-order valence-electron chi connectivity index (χ1n) is 6.61. The number of nitrogens with zero attached hydrogens (tertiary/aromatic N) is 2. The van der Waals surface area contributed by atoms with Gasteiger partial charge in [-0.3, -0.25) is 0 Å². The lowest BCUT2D eigenvalue weighted by Crippen LogP contribution is -2.14. The van der Waals surface area contributed by atoms with E-state index in [-0.39, 0.29) is 6.10 Å². The second-order valence-electron chi connectivity index (χ2n) is 5.10. The molecule has 0 amide bonds. The smallest absolute Gasteiger partial charge is 0.0823 e. The monoisotopic (exact) mass is 242 g/mol. The largest absolute Gasteiger partial charge is 0.388 e. The van der Waals surface area contributed by atoms with E-state index in [0.717, 1.165) is 17.7 Å². The molecule has 0 radical (unpaired) electrons. The second-order valence-corrected chi connectivity index (χ2v) is 5.10. The number of aliphatic hydroxyl groups is 1. The summed E-state index contributed by atoms with van der Waals surface area (Å²) in [6, 6.07) is 9.98. The lowest BCUT2D eigenvalue weighted by atomic mass is 9.81. The van der Waals surface area contributed by atoms with Crippen molar-refractivity contribution in [3.63, 3.8) is 0 Å². The minimum atomic E-state index is -0.368. The number of benzene rings is 1. The Bertz CT molecular complexity index is 502. The van der Waals surface area contributed by atoms with E-state index in [9.17, 15) is 5.11 Å². The SMILES string of the molecule is OC(CC1CCC1)c1cnn(-c2ccccc2)c1. The van der Waals surface area contributed by atoms with E-state index in [1.54, 1.807) is 6.20 Å². The van der Waals surface area contributed by atoms with Crippen LogP contribution in [0.25, 0.3) is 5.69 Å². The summed E-state index contributed by atoms with van der Waals surface area (Å²) >= 11 is 0. The highest BCUT2D eigenvalue weighted by Gasteiger charge is 2.22. The third-order valence-corrected chi connectivity index (χ3v) is 3.79. The van der Waals surface area contributed by atoms with Crippen LogP contribution in [0.15, 0.2) is 42.7 Å². The Morgan fingerprint density at radius 1 is 1.28 bits per heavy atom. The van der Waals surface area contributed by atoms with Gasteiger partial charge in [-0.05, 0) is 24.5 Å². The van der Waals surface area contributed by atoms with Gasteiger partial charge in [0, 0.05) is 11.8 Å². The Balaban J connectivity index is 1.72. The summed E-state index contributed by atoms with van der Waals surface area (Å²) in [4.78, 5) is 0. The van der Waals surface area contributed by atoms with E-state index in [1.807, 2.05) is 41.2 Å². The van der Waals surface area contributed by atoms with Crippen LogP contribution in [0.3, 0.4) is 0 Å². The molecule has 2 aromatic rings. The summed E-state index contributed by atoms with van der Waals surface area (Å²) in [6.45, 7) is 0. The van der Waals surface area contributed by atoms with Gasteiger partial charge < -0.3 is 5.11 Å². The van der Waals surface area contributed by atoms with Crippen LogP contribution in [-0.4, -0.2) is 14.9 Å². The molecule has 1 heterocycles. The predicted octanol–water partition coefficient (Wildman–Crippen LogP) is 3.10. The maximum absolute atomic E-state index is 10.2. The molecule has 3 rings (SSSR count). The van der Waals surface area contributed by atoms with Crippen LogP contribution < -0.4 is 0 Å². The standard InChI is InChI=1S/C15H18N2O/c18-15(9-12-5-4-6-12)13-10-16-17(11-13)14-7-2-1-3-8-14/h1-3,7-8,10-12,15,18H,4-6,9H2. The molecule has 1 aromatic heterocycles. The molecule has 0 spiro atoms. The first kappa shape index (κ1) is 11.5. The van der Waals surface area contributed by atoms with Gasteiger partial charge in [0.15, 0.2) is 0 Å². The lowest BCUT2D eigenvalue weighted by molar-refractivity contribution is 0.118. The van der Waals surface area contributed by atoms with E-state index < -0.39 is 0 Å². The summed E-state index contributed by atoms with van der Waals surface area (Å²) in [5.74, 6) is 0.708. The molecule has 0 saturated heterocycles. The van der Waals surface area contributed by atoms with Crippen molar-refractivity contribution in [3.8, 4) is 5.69 Å². The Kier molecular flexibility index (Phi) is 3.15. The highest BCUT2D eigenvalue weighted by Crippen LogP contribution is 2.34. The summed E-state index contributed by atoms with van der Waals surface area (Å²) in [5, 5.41) is 14.5. The molecule has 18 heavy (non-hydrogen) atoms. The minimum Gasteiger partial charge on any atom is -0.388 e. The molecule has 1 fully saturated rings. The summed E-state index contributed by atoms with van der Waals surface area (Å²) < 4.78 is 1.82. The molecule has 0 aliphatic heterocycles. The average molecular weight is 242 g/mol. The molecule has 1 saturated carbocycles. The molecule has 3 nitrogen and oxygen atoms in total. The maximum Gasteiger partial charge on any atom is 0.0823 e. The fraction of sp³-hybridized carbons (Fsp3) is 0.400. The molecule has 94 valence electrons. The normalized spacial score (nSPS) is 17.4. The van der Waals surface area contributed by atoms with E-state index >= 15 is 0 Å². The highest BCUT2D eigenvalue weighted by molar-refractivity contribution is 5.31. The first-order chi connectivity index (χ1) is 8.83. The van der Waals surface area contributed by atoms with E-state index in [0.29, 0.717) is 5.92 Å². The fourth-order valence-corrected chi connectivity index (χ4v) is 2.41.